The van der Waals surface area contributed by atoms with Crippen LogP contribution in [-0.2, 0) is 4.79 Å². The summed E-state index contributed by atoms with van der Waals surface area (Å²) in [5.74, 6) is -2.71. The van der Waals surface area contributed by atoms with Crippen molar-refractivity contribution in [2.45, 2.75) is 25.7 Å². The summed E-state index contributed by atoms with van der Waals surface area (Å²) in [4.78, 5) is 9.39. The highest BCUT2D eigenvalue weighted by Crippen LogP contribution is 2.17. The van der Waals surface area contributed by atoms with Gasteiger partial charge in [-0.15, -0.1) is 0 Å². The summed E-state index contributed by atoms with van der Waals surface area (Å²) in [5.41, 5.74) is 0. The van der Waals surface area contributed by atoms with Crippen LogP contribution in [0.2, 0.25) is 0 Å². The Bertz CT molecular complexity index is 75.0. The molecule has 0 rings (SSSR count). The quantitative estimate of drug-likeness (QED) is 0.553. The fraction of sp³-hybridized carbons (Fsp3) is 0.800. The zero-order valence-corrected chi connectivity index (χ0v) is 4.58. The standard InChI is InChI=1S/C5H7F2O/c1-5(6,7)3-2-4-8/h2-3H2,1H3. The minimum absolute atomic E-state index is 0.177. The number of carbonyl (C=O) groups excluding carboxylic acids is 1. The zero-order valence-electron chi connectivity index (χ0n) is 4.58. The highest BCUT2D eigenvalue weighted by atomic mass is 19.3. The highest BCUT2D eigenvalue weighted by molar-refractivity contribution is 5.50. The van der Waals surface area contributed by atoms with Gasteiger partial charge in [0.1, 0.15) is 0 Å². The SMILES string of the molecule is CC(F)(F)CC[C]=O. The van der Waals surface area contributed by atoms with Gasteiger partial charge in [-0.2, -0.15) is 0 Å². The van der Waals surface area contributed by atoms with Gasteiger partial charge in [0.15, 0.2) is 6.29 Å². The van der Waals surface area contributed by atoms with E-state index in [4.69, 9.17) is 0 Å². The number of rotatable bonds is 3. The first-order chi connectivity index (χ1) is 3.56. The number of alkyl halides is 2. The molecule has 0 aliphatic heterocycles. The predicted octanol–water partition coefficient (Wildman–Crippen LogP) is 1.53. The lowest BCUT2D eigenvalue weighted by molar-refractivity contribution is 0.0149. The fourth-order valence-corrected chi connectivity index (χ4v) is 0.271. The molecule has 0 aliphatic carbocycles. The molecule has 47 valence electrons. The van der Waals surface area contributed by atoms with Crippen LogP contribution in [0.5, 0.6) is 0 Å². The number of hydrogen-bond acceptors (Lipinski definition) is 1. The average Bonchev–Trinajstić information content (AvgIpc) is 1.59. The minimum atomic E-state index is -2.71. The molecular formula is C5H7F2O. The summed E-state index contributed by atoms with van der Waals surface area (Å²) in [6.45, 7) is 0.782. The third-order valence-corrected chi connectivity index (χ3v) is 0.666. The molecule has 0 aromatic rings. The Morgan fingerprint density at radius 1 is 1.62 bits per heavy atom. The lowest BCUT2D eigenvalue weighted by Crippen LogP contribution is -2.08. The van der Waals surface area contributed by atoms with E-state index in [1.165, 1.54) is 6.29 Å². The van der Waals surface area contributed by atoms with Gasteiger partial charge in [-0.05, 0) is 6.92 Å². The van der Waals surface area contributed by atoms with Gasteiger partial charge in [0.2, 0.25) is 5.92 Å². The topological polar surface area (TPSA) is 17.1 Å². The van der Waals surface area contributed by atoms with Crippen molar-refractivity contribution in [3.05, 3.63) is 0 Å². The summed E-state index contributed by atoms with van der Waals surface area (Å²) in [7, 11) is 0. The molecule has 0 amide bonds. The molecule has 0 spiro atoms. The van der Waals surface area contributed by atoms with E-state index in [1.54, 1.807) is 0 Å². The zero-order chi connectivity index (χ0) is 6.62. The van der Waals surface area contributed by atoms with Crippen LogP contribution in [0.25, 0.3) is 0 Å². The van der Waals surface area contributed by atoms with Crippen molar-refractivity contribution in [3.63, 3.8) is 0 Å². The average molecular weight is 121 g/mol. The van der Waals surface area contributed by atoms with Gasteiger partial charge < -0.3 is 0 Å². The maximum absolute atomic E-state index is 11.7. The van der Waals surface area contributed by atoms with Crippen LogP contribution in [0.4, 0.5) is 8.78 Å². The van der Waals surface area contributed by atoms with Crippen molar-refractivity contribution < 1.29 is 13.6 Å². The van der Waals surface area contributed by atoms with Gasteiger partial charge in [0.25, 0.3) is 0 Å². The summed E-state index contributed by atoms with van der Waals surface area (Å²) in [6, 6.07) is 0. The molecule has 0 saturated heterocycles. The third-order valence-electron chi connectivity index (χ3n) is 0.666. The Hall–Kier alpha value is -0.470. The molecule has 0 aromatic heterocycles. The second-order valence-electron chi connectivity index (χ2n) is 1.71. The Morgan fingerprint density at radius 2 is 2.12 bits per heavy atom. The highest BCUT2D eigenvalue weighted by Gasteiger charge is 2.19. The van der Waals surface area contributed by atoms with Crippen LogP contribution >= 0.6 is 0 Å². The smallest absolute Gasteiger partial charge is 0.245 e. The molecule has 0 saturated carbocycles. The molecule has 3 heteroatoms. The maximum Gasteiger partial charge on any atom is 0.245 e. The van der Waals surface area contributed by atoms with Crippen LogP contribution in [-0.4, -0.2) is 12.2 Å². The predicted molar refractivity (Wildman–Crippen MR) is 25.5 cm³/mol. The lowest BCUT2D eigenvalue weighted by atomic mass is 10.2. The number of halogens is 2. The molecule has 0 aliphatic rings. The van der Waals surface area contributed by atoms with E-state index in [-0.39, 0.29) is 6.42 Å². The molecule has 8 heavy (non-hydrogen) atoms. The van der Waals surface area contributed by atoms with Gasteiger partial charge in [0, 0.05) is 12.8 Å². The minimum Gasteiger partial charge on any atom is -0.291 e. The van der Waals surface area contributed by atoms with Crippen molar-refractivity contribution in [3.8, 4) is 0 Å². The van der Waals surface area contributed by atoms with Crippen LogP contribution < -0.4 is 0 Å². The van der Waals surface area contributed by atoms with Crippen molar-refractivity contribution in [1.29, 1.82) is 0 Å². The molecule has 1 radical (unpaired) electrons. The van der Waals surface area contributed by atoms with Crippen molar-refractivity contribution in [2.24, 2.45) is 0 Å². The molecule has 1 nitrogen and oxygen atoms in total. The molecule has 0 aromatic carbocycles. The molecule has 0 N–H and O–H groups in total. The van der Waals surface area contributed by atoms with E-state index in [9.17, 15) is 13.6 Å². The Labute approximate surface area is 46.7 Å². The van der Waals surface area contributed by atoms with Crippen LogP contribution in [0, 0.1) is 0 Å². The Balaban J connectivity index is 3.24. The van der Waals surface area contributed by atoms with Gasteiger partial charge in [0.05, 0.1) is 0 Å². The third kappa shape index (κ3) is 5.53. The van der Waals surface area contributed by atoms with E-state index >= 15 is 0 Å². The largest absolute Gasteiger partial charge is 0.291 e. The van der Waals surface area contributed by atoms with Gasteiger partial charge in [-0.3, -0.25) is 4.79 Å². The maximum atomic E-state index is 11.7. The summed E-state index contributed by atoms with van der Waals surface area (Å²) in [5, 5.41) is 0. The van der Waals surface area contributed by atoms with Crippen molar-refractivity contribution >= 4 is 6.29 Å². The van der Waals surface area contributed by atoms with E-state index in [2.05, 4.69) is 0 Å². The van der Waals surface area contributed by atoms with E-state index in [0.717, 1.165) is 6.92 Å². The van der Waals surface area contributed by atoms with E-state index in [1.807, 2.05) is 0 Å². The molecule has 0 atom stereocenters. The first-order valence-corrected chi connectivity index (χ1v) is 2.29. The van der Waals surface area contributed by atoms with Gasteiger partial charge >= 0.3 is 0 Å². The van der Waals surface area contributed by atoms with Gasteiger partial charge in [-0.25, -0.2) is 8.78 Å². The molecule has 0 unspecified atom stereocenters. The summed E-state index contributed by atoms with van der Waals surface area (Å²) >= 11 is 0. The Kier molecular flexibility index (Phi) is 2.58. The monoisotopic (exact) mass is 121 g/mol. The molecule has 0 fully saturated rings. The summed E-state index contributed by atoms with van der Waals surface area (Å²) in [6.07, 6.45) is 0.825. The normalized spacial score (nSPS) is 11.4. The molecular weight excluding hydrogens is 114 g/mol. The molecule has 0 heterocycles. The van der Waals surface area contributed by atoms with Crippen LogP contribution in [0.3, 0.4) is 0 Å². The van der Waals surface area contributed by atoms with E-state index in [0.29, 0.717) is 0 Å². The summed E-state index contributed by atoms with van der Waals surface area (Å²) < 4.78 is 23.5. The second kappa shape index (κ2) is 2.74. The Morgan fingerprint density at radius 3 is 2.25 bits per heavy atom. The first-order valence-electron chi connectivity index (χ1n) is 2.29. The molecule has 0 bridgehead atoms. The van der Waals surface area contributed by atoms with Gasteiger partial charge in [-0.1, -0.05) is 0 Å². The van der Waals surface area contributed by atoms with Crippen LogP contribution in [0.1, 0.15) is 19.8 Å². The van der Waals surface area contributed by atoms with Crippen molar-refractivity contribution in [2.75, 3.05) is 0 Å². The fourth-order valence-electron chi connectivity index (χ4n) is 0.271. The van der Waals surface area contributed by atoms with Crippen LogP contribution in [0.15, 0.2) is 0 Å². The number of hydrogen-bond donors (Lipinski definition) is 0. The van der Waals surface area contributed by atoms with Crippen molar-refractivity contribution in [1.82, 2.24) is 0 Å². The first kappa shape index (κ1) is 7.53. The van der Waals surface area contributed by atoms with E-state index < -0.39 is 12.3 Å². The second-order valence-corrected chi connectivity index (χ2v) is 1.71. The lowest BCUT2D eigenvalue weighted by Gasteiger charge is -2.04.